The number of amides is 1. The molecular weight excluding hydrogens is 395 g/mol. The number of alkyl halides is 3. The van der Waals surface area contributed by atoms with Crippen LogP contribution in [0.5, 0.6) is 5.75 Å². The lowest BCUT2D eigenvalue weighted by atomic mass is 10.1. The van der Waals surface area contributed by atoms with Gasteiger partial charge in [-0.1, -0.05) is 32.0 Å². The third-order valence-electron chi connectivity index (χ3n) is 4.69. The van der Waals surface area contributed by atoms with E-state index in [-0.39, 0.29) is 11.7 Å². The minimum Gasteiger partial charge on any atom is -0.490 e. The van der Waals surface area contributed by atoms with Crippen molar-refractivity contribution in [2.45, 2.75) is 39.0 Å². The van der Waals surface area contributed by atoms with Crippen LogP contribution < -0.4 is 10.1 Å². The Balaban J connectivity index is 1.77. The Morgan fingerprint density at radius 3 is 2.47 bits per heavy atom. The number of benzene rings is 2. The van der Waals surface area contributed by atoms with E-state index in [1.807, 2.05) is 19.9 Å². The quantitative estimate of drug-likeness (QED) is 0.502. The zero-order valence-corrected chi connectivity index (χ0v) is 16.6. The second-order valence-corrected chi connectivity index (χ2v) is 6.77. The van der Waals surface area contributed by atoms with E-state index in [0.717, 1.165) is 25.0 Å². The number of carbonyl (C=O) groups excluding carboxylic acids is 1. The van der Waals surface area contributed by atoms with Crippen molar-refractivity contribution in [3.8, 4) is 17.0 Å². The van der Waals surface area contributed by atoms with Crippen molar-refractivity contribution < 1.29 is 22.7 Å². The van der Waals surface area contributed by atoms with Gasteiger partial charge in [0.2, 0.25) is 0 Å². The van der Waals surface area contributed by atoms with E-state index < -0.39 is 17.6 Å². The van der Waals surface area contributed by atoms with Crippen LogP contribution in [0.2, 0.25) is 0 Å². The maximum Gasteiger partial charge on any atom is 0.416 e. The number of hydrogen-bond donors (Lipinski definition) is 2. The van der Waals surface area contributed by atoms with E-state index in [0.29, 0.717) is 22.7 Å². The van der Waals surface area contributed by atoms with Crippen LogP contribution in [0, 0.1) is 0 Å². The summed E-state index contributed by atoms with van der Waals surface area (Å²) in [7, 11) is 0. The first-order chi connectivity index (χ1) is 14.3. The molecule has 0 radical (unpaired) electrons. The number of rotatable bonds is 7. The standard InChI is InChI=1S/C22H22F3N3O2/c1-3-17(4-2)30-18-7-5-6-16(12-18)27-21(29)19-13-26-28-20(19)14-8-10-15(11-9-14)22(23,24)25/h5-13,17H,3-4H2,1-2H3,(H,26,28)(H,27,29). The van der Waals surface area contributed by atoms with Gasteiger partial charge in [-0.15, -0.1) is 0 Å². The number of ether oxygens (including phenoxy) is 1. The monoisotopic (exact) mass is 417 g/mol. The van der Waals surface area contributed by atoms with Crippen molar-refractivity contribution in [2.75, 3.05) is 5.32 Å². The zero-order chi connectivity index (χ0) is 21.7. The number of halogens is 3. The Morgan fingerprint density at radius 2 is 1.83 bits per heavy atom. The molecule has 1 aromatic heterocycles. The van der Waals surface area contributed by atoms with Crippen LogP contribution in [-0.2, 0) is 6.18 Å². The third kappa shape index (κ3) is 5.00. The van der Waals surface area contributed by atoms with Gasteiger partial charge in [0.25, 0.3) is 5.91 Å². The summed E-state index contributed by atoms with van der Waals surface area (Å²) in [5, 5.41) is 9.34. The highest BCUT2D eigenvalue weighted by Gasteiger charge is 2.30. The molecule has 3 aromatic rings. The second kappa shape index (κ2) is 9.02. The fourth-order valence-corrected chi connectivity index (χ4v) is 3.00. The Labute approximate surface area is 172 Å². The summed E-state index contributed by atoms with van der Waals surface area (Å²) in [6.07, 6.45) is -1.24. The zero-order valence-electron chi connectivity index (χ0n) is 16.6. The molecule has 30 heavy (non-hydrogen) atoms. The van der Waals surface area contributed by atoms with Gasteiger partial charge in [0, 0.05) is 17.3 Å². The van der Waals surface area contributed by atoms with Crippen LogP contribution in [0.1, 0.15) is 42.6 Å². The third-order valence-corrected chi connectivity index (χ3v) is 4.69. The summed E-state index contributed by atoms with van der Waals surface area (Å²) in [5.74, 6) is 0.218. The van der Waals surface area contributed by atoms with Crippen molar-refractivity contribution in [1.82, 2.24) is 10.2 Å². The first-order valence-electron chi connectivity index (χ1n) is 9.60. The van der Waals surface area contributed by atoms with Crippen molar-refractivity contribution in [1.29, 1.82) is 0 Å². The molecular formula is C22H22F3N3O2. The molecule has 0 spiro atoms. The number of H-pyrrole nitrogens is 1. The molecule has 0 fully saturated rings. The average Bonchev–Trinajstić information content (AvgIpc) is 3.22. The summed E-state index contributed by atoms with van der Waals surface area (Å²) in [6.45, 7) is 4.09. The number of anilines is 1. The lowest BCUT2D eigenvalue weighted by Crippen LogP contribution is -2.15. The lowest BCUT2D eigenvalue weighted by Gasteiger charge is -2.16. The SMILES string of the molecule is CCC(CC)Oc1cccc(NC(=O)c2cn[nH]c2-c2ccc(C(F)(F)F)cc2)c1. The van der Waals surface area contributed by atoms with Gasteiger partial charge in [0.05, 0.1) is 29.1 Å². The molecule has 0 atom stereocenters. The number of aromatic nitrogens is 2. The van der Waals surface area contributed by atoms with Crippen molar-refractivity contribution in [3.05, 3.63) is 65.9 Å². The van der Waals surface area contributed by atoms with Crippen LogP contribution in [-0.4, -0.2) is 22.2 Å². The predicted molar refractivity (Wildman–Crippen MR) is 108 cm³/mol. The molecule has 2 aromatic carbocycles. The van der Waals surface area contributed by atoms with E-state index >= 15 is 0 Å². The predicted octanol–water partition coefficient (Wildman–Crippen LogP) is 5.92. The van der Waals surface area contributed by atoms with E-state index in [2.05, 4.69) is 15.5 Å². The first kappa shape index (κ1) is 21.4. The summed E-state index contributed by atoms with van der Waals surface area (Å²) in [4.78, 5) is 12.7. The molecule has 1 heterocycles. The Morgan fingerprint density at radius 1 is 1.13 bits per heavy atom. The molecule has 2 N–H and O–H groups in total. The Hall–Kier alpha value is -3.29. The molecule has 0 saturated carbocycles. The van der Waals surface area contributed by atoms with Gasteiger partial charge in [0.15, 0.2) is 0 Å². The van der Waals surface area contributed by atoms with Gasteiger partial charge < -0.3 is 10.1 Å². The normalized spacial score (nSPS) is 11.5. The van der Waals surface area contributed by atoms with Crippen molar-refractivity contribution in [3.63, 3.8) is 0 Å². The number of nitrogens with zero attached hydrogens (tertiary/aromatic N) is 1. The topological polar surface area (TPSA) is 67.0 Å². The molecule has 3 rings (SSSR count). The Kier molecular flexibility index (Phi) is 6.44. The fourth-order valence-electron chi connectivity index (χ4n) is 3.00. The van der Waals surface area contributed by atoms with E-state index in [1.54, 1.807) is 18.2 Å². The van der Waals surface area contributed by atoms with Crippen LogP contribution in [0.25, 0.3) is 11.3 Å². The maximum atomic E-state index is 12.8. The molecule has 0 saturated heterocycles. The lowest BCUT2D eigenvalue weighted by molar-refractivity contribution is -0.137. The number of carbonyl (C=O) groups is 1. The highest BCUT2D eigenvalue weighted by Crippen LogP contribution is 2.31. The molecule has 0 bridgehead atoms. The van der Waals surface area contributed by atoms with Crippen LogP contribution in [0.4, 0.5) is 18.9 Å². The molecule has 8 heteroatoms. The molecule has 0 aliphatic carbocycles. The molecule has 1 amide bonds. The second-order valence-electron chi connectivity index (χ2n) is 6.77. The minimum absolute atomic E-state index is 0.0936. The van der Waals surface area contributed by atoms with Crippen molar-refractivity contribution in [2.24, 2.45) is 0 Å². The summed E-state index contributed by atoms with van der Waals surface area (Å²) >= 11 is 0. The minimum atomic E-state index is -4.42. The number of nitrogens with one attached hydrogen (secondary N) is 2. The summed E-state index contributed by atoms with van der Waals surface area (Å²) in [5.41, 5.74) is 0.775. The molecule has 0 aliphatic heterocycles. The molecule has 0 unspecified atom stereocenters. The molecule has 0 aliphatic rings. The van der Waals surface area contributed by atoms with Gasteiger partial charge >= 0.3 is 6.18 Å². The molecule has 5 nitrogen and oxygen atoms in total. The largest absolute Gasteiger partial charge is 0.490 e. The van der Waals surface area contributed by atoms with Gasteiger partial charge in [0.1, 0.15) is 5.75 Å². The summed E-state index contributed by atoms with van der Waals surface area (Å²) < 4.78 is 44.2. The van der Waals surface area contributed by atoms with Crippen molar-refractivity contribution >= 4 is 11.6 Å². The maximum absolute atomic E-state index is 12.8. The average molecular weight is 417 g/mol. The van der Waals surface area contributed by atoms with Gasteiger partial charge in [-0.05, 0) is 37.1 Å². The summed E-state index contributed by atoms with van der Waals surface area (Å²) in [6, 6.07) is 11.6. The highest BCUT2D eigenvalue weighted by atomic mass is 19.4. The van der Waals surface area contributed by atoms with E-state index in [1.165, 1.54) is 18.3 Å². The van der Waals surface area contributed by atoms with E-state index in [9.17, 15) is 18.0 Å². The fraction of sp³-hybridized carbons (Fsp3) is 0.273. The molecule has 158 valence electrons. The number of hydrogen-bond acceptors (Lipinski definition) is 3. The highest BCUT2D eigenvalue weighted by molar-refractivity contribution is 6.08. The van der Waals surface area contributed by atoms with Crippen LogP contribution in [0.3, 0.4) is 0 Å². The van der Waals surface area contributed by atoms with Crippen LogP contribution >= 0.6 is 0 Å². The van der Waals surface area contributed by atoms with Crippen LogP contribution in [0.15, 0.2) is 54.7 Å². The smallest absolute Gasteiger partial charge is 0.416 e. The van der Waals surface area contributed by atoms with Gasteiger partial charge in [-0.3, -0.25) is 9.89 Å². The van der Waals surface area contributed by atoms with Gasteiger partial charge in [-0.2, -0.15) is 18.3 Å². The van der Waals surface area contributed by atoms with Gasteiger partial charge in [-0.25, -0.2) is 0 Å². The first-order valence-corrected chi connectivity index (χ1v) is 9.60. The number of aromatic amines is 1. The van der Waals surface area contributed by atoms with E-state index in [4.69, 9.17) is 4.74 Å². The Bertz CT molecular complexity index is 993.